The number of rotatable bonds is 2. The van der Waals surface area contributed by atoms with Crippen LogP contribution in [0, 0.1) is 19.3 Å². The van der Waals surface area contributed by atoms with Crippen LogP contribution in [-0.2, 0) is 14.4 Å². The molecule has 7 heteroatoms. The summed E-state index contributed by atoms with van der Waals surface area (Å²) in [6, 6.07) is 5.86. The largest absolute Gasteiger partial charge is 0.339 e. The first-order valence-corrected chi connectivity index (χ1v) is 10.1. The Bertz CT molecular complexity index is 861. The van der Waals surface area contributed by atoms with E-state index < -0.39 is 5.41 Å². The zero-order valence-corrected chi connectivity index (χ0v) is 18.0. The molecule has 3 rings (SSSR count). The van der Waals surface area contributed by atoms with Gasteiger partial charge in [0.1, 0.15) is 5.71 Å². The summed E-state index contributed by atoms with van der Waals surface area (Å²) in [6.07, 6.45) is 0.612. The minimum Gasteiger partial charge on any atom is -0.339 e. The number of hydrogen-bond donors (Lipinski definition) is 0. The number of piperazine rings is 1. The van der Waals surface area contributed by atoms with Gasteiger partial charge in [-0.25, -0.2) is 5.01 Å². The van der Waals surface area contributed by atoms with Crippen molar-refractivity contribution in [2.75, 3.05) is 31.2 Å². The number of hydrogen-bond acceptors (Lipinski definition) is 4. The van der Waals surface area contributed by atoms with Gasteiger partial charge in [0.2, 0.25) is 11.8 Å². The number of anilines is 1. The van der Waals surface area contributed by atoms with Gasteiger partial charge in [-0.3, -0.25) is 14.4 Å². The van der Waals surface area contributed by atoms with Crippen LogP contribution in [0.4, 0.5) is 5.69 Å². The third-order valence-electron chi connectivity index (χ3n) is 5.37. The Morgan fingerprint density at radius 3 is 2.21 bits per heavy atom. The van der Waals surface area contributed by atoms with E-state index >= 15 is 0 Å². The van der Waals surface area contributed by atoms with E-state index in [1.807, 2.05) is 57.7 Å². The molecule has 0 unspecified atom stereocenters. The summed E-state index contributed by atoms with van der Waals surface area (Å²) in [5.74, 6) is -0.141. The molecule has 7 nitrogen and oxygen atoms in total. The van der Waals surface area contributed by atoms with Crippen LogP contribution < -0.4 is 5.01 Å². The van der Waals surface area contributed by atoms with Crippen LogP contribution in [0.3, 0.4) is 0 Å². The number of carbonyl (C=O) groups is 3. The van der Waals surface area contributed by atoms with E-state index in [2.05, 4.69) is 5.10 Å². The molecule has 2 aliphatic rings. The number of carbonyl (C=O) groups excluding carboxylic acids is 3. The molecule has 0 N–H and O–H groups in total. The van der Waals surface area contributed by atoms with E-state index in [0.717, 1.165) is 16.8 Å². The Morgan fingerprint density at radius 1 is 0.966 bits per heavy atom. The minimum atomic E-state index is -0.424. The molecule has 1 aromatic carbocycles. The monoisotopic (exact) mass is 398 g/mol. The van der Waals surface area contributed by atoms with Crippen molar-refractivity contribution in [1.29, 1.82) is 0 Å². The molecule has 0 atom stereocenters. The second-order valence-corrected chi connectivity index (χ2v) is 8.88. The van der Waals surface area contributed by atoms with E-state index in [-0.39, 0.29) is 24.1 Å². The van der Waals surface area contributed by atoms with E-state index in [0.29, 0.717) is 38.3 Å². The van der Waals surface area contributed by atoms with Gasteiger partial charge in [0.25, 0.3) is 5.91 Å². The highest BCUT2D eigenvalue weighted by molar-refractivity contribution is 6.40. The molecule has 1 saturated heterocycles. The maximum Gasteiger partial charge on any atom is 0.270 e. The van der Waals surface area contributed by atoms with Crippen LogP contribution >= 0.6 is 0 Å². The molecule has 2 aliphatic heterocycles. The summed E-state index contributed by atoms with van der Waals surface area (Å²) < 4.78 is 0. The van der Waals surface area contributed by atoms with Gasteiger partial charge in [-0.15, -0.1) is 0 Å². The lowest BCUT2D eigenvalue weighted by molar-refractivity contribution is -0.143. The Morgan fingerprint density at radius 2 is 1.59 bits per heavy atom. The first kappa shape index (κ1) is 21.0. The van der Waals surface area contributed by atoms with Gasteiger partial charge in [0, 0.05) is 44.4 Å². The minimum absolute atomic E-state index is 0.101. The molecule has 1 aromatic rings. The lowest BCUT2D eigenvalue weighted by Crippen LogP contribution is -2.54. The van der Waals surface area contributed by atoms with E-state index in [4.69, 9.17) is 0 Å². The molecular weight excluding hydrogens is 368 g/mol. The first-order valence-electron chi connectivity index (χ1n) is 10.1. The van der Waals surface area contributed by atoms with Gasteiger partial charge >= 0.3 is 0 Å². The zero-order valence-electron chi connectivity index (χ0n) is 18.0. The van der Waals surface area contributed by atoms with Gasteiger partial charge in [-0.05, 0) is 31.0 Å². The third-order valence-corrected chi connectivity index (χ3v) is 5.37. The SMILES string of the molecule is Cc1ccc(C)c(N2N=C(C(=O)N3CCN(C(=O)C(C)(C)C)CC3)CCC2=O)c1. The molecule has 0 saturated carbocycles. The number of hydrazone groups is 1. The van der Waals surface area contributed by atoms with Crippen LogP contribution in [0.2, 0.25) is 0 Å². The summed E-state index contributed by atoms with van der Waals surface area (Å²) in [5, 5.41) is 5.81. The van der Waals surface area contributed by atoms with Gasteiger partial charge < -0.3 is 9.80 Å². The van der Waals surface area contributed by atoms with Crippen molar-refractivity contribution < 1.29 is 14.4 Å². The molecule has 0 radical (unpaired) electrons. The highest BCUT2D eigenvalue weighted by atomic mass is 16.2. The molecule has 3 amide bonds. The molecular formula is C22H30N4O3. The normalized spacial score (nSPS) is 18.0. The average Bonchev–Trinajstić information content (AvgIpc) is 2.68. The summed E-state index contributed by atoms with van der Waals surface area (Å²) in [7, 11) is 0. The fourth-order valence-corrected chi connectivity index (χ4v) is 3.61. The molecule has 156 valence electrons. The van der Waals surface area contributed by atoms with Gasteiger partial charge in [0.05, 0.1) is 5.69 Å². The molecule has 0 aliphatic carbocycles. The van der Waals surface area contributed by atoms with Gasteiger partial charge in [0.15, 0.2) is 0 Å². The Balaban J connectivity index is 1.73. The first-order chi connectivity index (χ1) is 13.6. The van der Waals surface area contributed by atoms with E-state index in [1.165, 1.54) is 5.01 Å². The zero-order chi connectivity index (χ0) is 21.3. The van der Waals surface area contributed by atoms with Crippen LogP contribution in [-0.4, -0.2) is 59.4 Å². The third kappa shape index (κ3) is 4.49. The average molecular weight is 399 g/mol. The van der Waals surface area contributed by atoms with Crippen LogP contribution in [0.15, 0.2) is 23.3 Å². The number of nitrogens with zero attached hydrogens (tertiary/aromatic N) is 4. The predicted molar refractivity (Wildman–Crippen MR) is 113 cm³/mol. The maximum atomic E-state index is 13.0. The number of aryl methyl sites for hydroxylation is 2. The summed E-state index contributed by atoms with van der Waals surface area (Å²) in [5.41, 5.74) is 2.68. The quantitative estimate of drug-likeness (QED) is 0.768. The standard InChI is InChI=1S/C22H30N4O3/c1-15-6-7-16(2)18(14-15)26-19(27)9-8-17(23-26)20(28)24-10-12-25(13-11-24)21(29)22(3,4)5/h6-7,14H,8-13H2,1-5H3. The Kier molecular flexibility index (Phi) is 5.78. The second-order valence-electron chi connectivity index (χ2n) is 8.88. The van der Waals surface area contributed by atoms with Crippen molar-refractivity contribution in [3.63, 3.8) is 0 Å². The molecule has 0 spiro atoms. The Labute approximate surface area is 172 Å². The van der Waals surface area contributed by atoms with Crippen LogP contribution in [0.5, 0.6) is 0 Å². The molecule has 0 aromatic heterocycles. The summed E-state index contributed by atoms with van der Waals surface area (Å²) in [6.45, 7) is 11.6. The molecule has 2 heterocycles. The van der Waals surface area contributed by atoms with E-state index in [1.54, 1.807) is 4.90 Å². The van der Waals surface area contributed by atoms with Gasteiger partial charge in [-0.2, -0.15) is 5.10 Å². The Hall–Kier alpha value is -2.70. The number of benzene rings is 1. The summed E-state index contributed by atoms with van der Waals surface area (Å²) >= 11 is 0. The lowest BCUT2D eigenvalue weighted by atomic mass is 9.94. The van der Waals surface area contributed by atoms with Crippen LogP contribution in [0.1, 0.15) is 44.7 Å². The molecule has 0 bridgehead atoms. The van der Waals surface area contributed by atoms with Crippen molar-refractivity contribution >= 4 is 29.1 Å². The van der Waals surface area contributed by atoms with Crippen molar-refractivity contribution in [3.05, 3.63) is 29.3 Å². The topological polar surface area (TPSA) is 73.3 Å². The van der Waals surface area contributed by atoms with Crippen molar-refractivity contribution in [2.45, 2.75) is 47.5 Å². The maximum absolute atomic E-state index is 13.0. The fraction of sp³-hybridized carbons (Fsp3) is 0.545. The predicted octanol–water partition coefficient (Wildman–Crippen LogP) is 2.50. The molecule has 29 heavy (non-hydrogen) atoms. The highest BCUT2D eigenvalue weighted by Gasteiger charge is 2.33. The van der Waals surface area contributed by atoms with Gasteiger partial charge in [-0.1, -0.05) is 32.9 Å². The van der Waals surface area contributed by atoms with Crippen molar-refractivity contribution in [1.82, 2.24) is 9.80 Å². The van der Waals surface area contributed by atoms with E-state index in [9.17, 15) is 14.4 Å². The fourth-order valence-electron chi connectivity index (χ4n) is 3.61. The van der Waals surface area contributed by atoms with Crippen molar-refractivity contribution in [2.24, 2.45) is 10.5 Å². The number of amides is 3. The molecule has 1 fully saturated rings. The second kappa shape index (κ2) is 7.97. The smallest absolute Gasteiger partial charge is 0.270 e. The highest BCUT2D eigenvalue weighted by Crippen LogP contribution is 2.26. The summed E-state index contributed by atoms with van der Waals surface area (Å²) in [4.78, 5) is 41.5. The lowest BCUT2D eigenvalue weighted by Gasteiger charge is -2.38. The van der Waals surface area contributed by atoms with Crippen molar-refractivity contribution in [3.8, 4) is 0 Å². The van der Waals surface area contributed by atoms with Crippen LogP contribution in [0.25, 0.3) is 0 Å².